The van der Waals surface area contributed by atoms with Gasteiger partial charge in [-0.05, 0) is 38.0 Å². The lowest BCUT2D eigenvalue weighted by molar-refractivity contribution is -0.113. The average Bonchev–Trinajstić information content (AvgIpc) is 2.99. The van der Waals surface area contributed by atoms with Gasteiger partial charge in [-0.3, -0.25) is 9.59 Å². The van der Waals surface area contributed by atoms with Crippen molar-refractivity contribution in [3.63, 3.8) is 0 Å². The van der Waals surface area contributed by atoms with Crippen molar-refractivity contribution in [3.8, 4) is 0 Å². The van der Waals surface area contributed by atoms with Crippen LogP contribution in [0.25, 0.3) is 0 Å². The average molecular weight is 306 g/mol. The Morgan fingerprint density at radius 1 is 1.29 bits per heavy atom. The van der Waals surface area contributed by atoms with Crippen molar-refractivity contribution in [2.45, 2.75) is 37.9 Å². The number of amides is 2. The Balaban J connectivity index is 1.85. The van der Waals surface area contributed by atoms with Gasteiger partial charge < -0.3 is 10.6 Å². The largest absolute Gasteiger partial charge is 0.352 e. The van der Waals surface area contributed by atoms with Gasteiger partial charge in [-0.25, -0.2) is 0 Å². The van der Waals surface area contributed by atoms with E-state index in [4.69, 9.17) is 0 Å². The molecule has 0 radical (unpaired) electrons. The van der Waals surface area contributed by atoms with Gasteiger partial charge in [0.25, 0.3) is 5.91 Å². The van der Waals surface area contributed by atoms with Gasteiger partial charge in [0.15, 0.2) is 0 Å². The summed E-state index contributed by atoms with van der Waals surface area (Å²) in [5.74, 6) is 0.365. The predicted molar refractivity (Wildman–Crippen MR) is 87.8 cm³/mol. The monoisotopic (exact) mass is 306 g/mol. The minimum absolute atomic E-state index is 0.0000466. The van der Waals surface area contributed by atoms with Crippen LogP contribution >= 0.6 is 11.8 Å². The highest BCUT2D eigenvalue weighted by Gasteiger charge is 2.16. The van der Waals surface area contributed by atoms with E-state index in [1.54, 1.807) is 36.0 Å². The highest BCUT2D eigenvalue weighted by molar-refractivity contribution is 8.00. The molecule has 2 N–H and O–H groups in total. The summed E-state index contributed by atoms with van der Waals surface area (Å²) < 4.78 is 0. The predicted octanol–water partition coefficient (Wildman–Crippen LogP) is 3.05. The van der Waals surface area contributed by atoms with Crippen molar-refractivity contribution in [3.05, 3.63) is 29.8 Å². The molecular weight excluding hydrogens is 284 g/mol. The number of thioether (sulfide) groups is 1. The first-order chi connectivity index (χ1) is 10.2. The molecule has 0 aliphatic heterocycles. The molecule has 1 aromatic carbocycles. The first-order valence-corrected chi connectivity index (χ1v) is 8.53. The van der Waals surface area contributed by atoms with Crippen molar-refractivity contribution < 1.29 is 9.59 Å². The van der Waals surface area contributed by atoms with Gasteiger partial charge in [-0.15, -0.1) is 11.8 Å². The van der Waals surface area contributed by atoms with Gasteiger partial charge in [0.2, 0.25) is 5.91 Å². The zero-order chi connectivity index (χ0) is 15.1. The molecule has 1 fully saturated rings. The first-order valence-electron chi connectivity index (χ1n) is 7.48. The third kappa shape index (κ3) is 5.08. The molecule has 0 unspecified atom stereocenters. The molecule has 0 saturated heterocycles. The summed E-state index contributed by atoms with van der Waals surface area (Å²) in [7, 11) is 0. The van der Waals surface area contributed by atoms with E-state index < -0.39 is 0 Å². The number of benzene rings is 1. The van der Waals surface area contributed by atoms with Crippen LogP contribution in [0.2, 0.25) is 0 Å². The highest BCUT2D eigenvalue weighted by atomic mass is 32.2. The molecule has 0 aromatic heterocycles. The maximum Gasteiger partial charge on any atom is 0.251 e. The Hall–Kier alpha value is -1.49. The maximum absolute atomic E-state index is 11.9. The van der Waals surface area contributed by atoms with Crippen molar-refractivity contribution in [1.29, 1.82) is 0 Å². The smallest absolute Gasteiger partial charge is 0.251 e. The lowest BCUT2D eigenvalue weighted by atomic mass is 10.2. The van der Waals surface area contributed by atoms with Crippen molar-refractivity contribution in [2.24, 2.45) is 0 Å². The fourth-order valence-electron chi connectivity index (χ4n) is 2.45. The van der Waals surface area contributed by atoms with Gasteiger partial charge in [-0.2, -0.15) is 0 Å². The summed E-state index contributed by atoms with van der Waals surface area (Å²) in [5.41, 5.74) is 1.24. The van der Waals surface area contributed by atoms with E-state index in [2.05, 4.69) is 10.6 Å². The Labute approximate surface area is 130 Å². The summed E-state index contributed by atoms with van der Waals surface area (Å²) in [6.45, 7) is 2.47. The van der Waals surface area contributed by atoms with Crippen molar-refractivity contribution in [2.75, 3.05) is 17.6 Å². The van der Waals surface area contributed by atoms with Crippen LogP contribution in [0.4, 0.5) is 5.69 Å². The van der Waals surface area contributed by atoms with Crippen molar-refractivity contribution >= 4 is 29.3 Å². The molecule has 1 aliphatic rings. The molecule has 2 amide bonds. The normalized spacial score (nSPS) is 14.9. The Bertz CT molecular complexity index is 499. The first kappa shape index (κ1) is 15.9. The third-order valence-electron chi connectivity index (χ3n) is 3.50. The van der Waals surface area contributed by atoms with Crippen molar-refractivity contribution in [1.82, 2.24) is 5.32 Å². The zero-order valence-corrected chi connectivity index (χ0v) is 13.2. The van der Waals surface area contributed by atoms with Crippen LogP contribution in [-0.2, 0) is 4.79 Å². The fourth-order valence-corrected chi connectivity index (χ4v) is 3.57. The molecule has 0 spiro atoms. The molecule has 4 nitrogen and oxygen atoms in total. The van der Waals surface area contributed by atoms with E-state index in [0.717, 1.165) is 0 Å². The molecule has 0 atom stereocenters. The Kier molecular flexibility index (Phi) is 6.11. The number of nitrogens with one attached hydrogen (secondary N) is 2. The summed E-state index contributed by atoms with van der Waals surface area (Å²) in [5, 5.41) is 6.25. The number of hydrogen-bond donors (Lipinski definition) is 2. The number of anilines is 1. The van der Waals surface area contributed by atoms with E-state index in [-0.39, 0.29) is 11.8 Å². The van der Waals surface area contributed by atoms with Crippen LogP contribution in [0.5, 0.6) is 0 Å². The van der Waals surface area contributed by atoms with E-state index in [0.29, 0.717) is 28.8 Å². The van der Waals surface area contributed by atoms with Gasteiger partial charge in [0, 0.05) is 23.0 Å². The molecule has 21 heavy (non-hydrogen) atoms. The number of rotatable bonds is 6. The SMILES string of the molecule is CCNC(=O)c1cccc(NC(=O)CSC2CCCC2)c1. The van der Waals surface area contributed by atoms with Crippen LogP contribution in [0, 0.1) is 0 Å². The summed E-state index contributed by atoms with van der Waals surface area (Å²) in [6, 6.07) is 7.04. The van der Waals surface area contributed by atoms with Crippen LogP contribution in [0.15, 0.2) is 24.3 Å². The van der Waals surface area contributed by atoms with Crippen LogP contribution in [0.1, 0.15) is 43.0 Å². The second-order valence-corrected chi connectivity index (χ2v) is 6.49. The third-order valence-corrected chi connectivity index (χ3v) is 4.87. The van der Waals surface area contributed by atoms with Crippen LogP contribution in [0.3, 0.4) is 0 Å². The number of hydrogen-bond acceptors (Lipinski definition) is 3. The molecule has 0 bridgehead atoms. The molecule has 1 aliphatic carbocycles. The second-order valence-electron chi connectivity index (χ2n) is 5.21. The van der Waals surface area contributed by atoms with Crippen LogP contribution < -0.4 is 10.6 Å². The van der Waals surface area contributed by atoms with Gasteiger partial charge in [-0.1, -0.05) is 18.9 Å². The van der Waals surface area contributed by atoms with E-state index in [1.165, 1.54) is 25.7 Å². The summed E-state index contributed by atoms with van der Waals surface area (Å²) in [4.78, 5) is 23.7. The van der Waals surface area contributed by atoms with Crippen LogP contribution in [-0.4, -0.2) is 29.4 Å². The quantitative estimate of drug-likeness (QED) is 0.849. The molecule has 1 aromatic rings. The fraction of sp³-hybridized carbons (Fsp3) is 0.500. The molecule has 114 valence electrons. The van der Waals surface area contributed by atoms with E-state index in [1.807, 2.05) is 6.92 Å². The molecule has 5 heteroatoms. The lowest BCUT2D eigenvalue weighted by Crippen LogP contribution is -2.23. The second kappa shape index (κ2) is 8.08. The lowest BCUT2D eigenvalue weighted by Gasteiger charge is -2.10. The Morgan fingerprint density at radius 3 is 2.76 bits per heavy atom. The topological polar surface area (TPSA) is 58.2 Å². The minimum atomic E-state index is -0.117. The van der Waals surface area contributed by atoms with Gasteiger partial charge >= 0.3 is 0 Å². The van der Waals surface area contributed by atoms with Gasteiger partial charge in [0.1, 0.15) is 0 Å². The summed E-state index contributed by atoms with van der Waals surface area (Å²) in [6.07, 6.45) is 5.02. The molecule has 0 heterocycles. The zero-order valence-electron chi connectivity index (χ0n) is 12.4. The standard InChI is InChI=1S/C16H22N2O2S/c1-2-17-16(20)12-6-5-7-13(10-12)18-15(19)11-21-14-8-3-4-9-14/h5-7,10,14H,2-4,8-9,11H2,1H3,(H,17,20)(H,18,19). The molecule has 1 saturated carbocycles. The highest BCUT2D eigenvalue weighted by Crippen LogP contribution is 2.29. The molecule has 2 rings (SSSR count). The molecular formula is C16H22N2O2S. The maximum atomic E-state index is 11.9. The Morgan fingerprint density at radius 2 is 2.05 bits per heavy atom. The minimum Gasteiger partial charge on any atom is -0.352 e. The number of carbonyl (C=O) groups excluding carboxylic acids is 2. The van der Waals surface area contributed by atoms with Gasteiger partial charge in [0.05, 0.1) is 5.75 Å². The van der Waals surface area contributed by atoms with E-state index >= 15 is 0 Å². The summed E-state index contributed by atoms with van der Waals surface area (Å²) >= 11 is 1.74. The number of carbonyl (C=O) groups is 2. The van der Waals surface area contributed by atoms with E-state index in [9.17, 15) is 9.59 Å².